The fourth-order valence-corrected chi connectivity index (χ4v) is 2.58. The fraction of sp³-hybridized carbons (Fsp3) is 0.471. The van der Waals surface area contributed by atoms with Gasteiger partial charge in [-0.1, -0.05) is 6.07 Å². The van der Waals surface area contributed by atoms with Crippen molar-refractivity contribution in [1.29, 1.82) is 0 Å². The van der Waals surface area contributed by atoms with E-state index in [1.54, 1.807) is 19.1 Å². The molecular formula is C17H25N4O9P. The molecule has 31 heavy (non-hydrogen) atoms. The van der Waals surface area contributed by atoms with Gasteiger partial charge in [0.2, 0.25) is 19.1 Å². The van der Waals surface area contributed by atoms with Crippen LogP contribution in [0.15, 0.2) is 18.3 Å². The van der Waals surface area contributed by atoms with Crippen molar-refractivity contribution >= 4 is 38.8 Å². The minimum absolute atomic E-state index is 0.132. The molecule has 14 heteroatoms. The average Bonchev–Trinajstić information content (AvgIpc) is 2.71. The lowest BCUT2D eigenvalue weighted by Crippen LogP contribution is -2.43. The Kier molecular flexibility index (Phi) is 11.4. The molecule has 0 aliphatic rings. The smallest absolute Gasteiger partial charge is 0.412 e. The quantitative estimate of drug-likeness (QED) is 0.180. The monoisotopic (exact) mass is 460 g/mol. The van der Waals surface area contributed by atoms with E-state index < -0.39 is 46.0 Å². The largest absolute Gasteiger partial charge is 0.481 e. The topological polar surface area (TPSA) is 179 Å². The lowest BCUT2D eigenvalue weighted by atomic mass is 10.2. The molecule has 0 bridgehead atoms. The van der Waals surface area contributed by atoms with Crippen LogP contribution in [0.4, 0.5) is 10.6 Å². The fourth-order valence-electron chi connectivity index (χ4n) is 2.43. The van der Waals surface area contributed by atoms with Gasteiger partial charge >= 0.3 is 20.7 Å². The maximum Gasteiger partial charge on any atom is 0.412 e. The molecule has 1 heterocycles. The summed E-state index contributed by atoms with van der Waals surface area (Å²) in [5, 5.41) is 11.3. The molecule has 0 aliphatic carbocycles. The molecule has 172 valence electrons. The summed E-state index contributed by atoms with van der Waals surface area (Å²) in [4.78, 5) is 70.3. The predicted octanol–water partition coefficient (Wildman–Crippen LogP) is 0.168. The van der Waals surface area contributed by atoms with Gasteiger partial charge in [-0.15, -0.1) is 0 Å². The first kappa shape index (κ1) is 26.2. The van der Waals surface area contributed by atoms with Crippen LogP contribution < -0.4 is 10.2 Å². The number of nitrogens with zero attached hydrogens (tertiary/aromatic N) is 3. The van der Waals surface area contributed by atoms with Gasteiger partial charge in [-0.2, -0.15) is 0 Å². The maximum atomic E-state index is 12.4. The maximum absolute atomic E-state index is 12.4. The van der Waals surface area contributed by atoms with E-state index >= 15 is 0 Å². The molecule has 4 N–H and O–H groups in total. The molecule has 1 rings (SSSR count). The lowest BCUT2D eigenvalue weighted by Gasteiger charge is -2.24. The van der Waals surface area contributed by atoms with Gasteiger partial charge < -0.3 is 29.8 Å². The number of hydrogen-bond donors (Lipinski definition) is 4. The van der Waals surface area contributed by atoms with E-state index in [9.17, 15) is 19.2 Å². The molecule has 1 aromatic heterocycles. The summed E-state index contributed by atoms with van der Waals surface area (Å²) in [6, 6.07) is 2.74. The third kappa shape index (κ3) is 10.1. The third-order valence-electron chi connectivity index (χ3n) is 3.86. The Labute approximate surface area is 179 Å². The molecule has 1 atom stereocenters. The van der Waals surface area contributed by atoms with Crippen LogP contribution >= 0.6 is 8.60 Å². The van der Waals surface area contributed by atoms with Crippen LogP contribution in [0.25, 0.3) is 0 Å². The van der Waals surface area contributed by atoms with E-state index in [0.29, 0.717) is 12.0 Å². The van der Waals surface area contributed by atoms with Gasteiger partial charge in [-0.3, -0.25) is 23.8 Å². The van der Waals surface area contributed by atoms with Crippen LogP contribution in [0.3, 0.4) is 0 Å². The Morgan fingerprint density at radius 2 is 2.06 bits per heavy atom. The number of anilines is 1. The summed E-state index contributed by atoms with van der Waals surface area (Å²) >= 11 is 0. The zero-order valence-electron chi connectivity index (χ0n) is 17.0. The first-order valence-electron chi connectivity index (χ1n) is 8.99. The van der Waals surface area contributed by atoms with Gasteiger partial charge in [-0.05, 0) is 19.4 Å². The minimum atomic E-state index is -2.73. The van der Waals surface area contributed by atoms with Crippen molar-refractivity contribution in [2.45, 2.75) is 32.4 Å². The molecule has 0 aromatic carbocycles. The van der Waals surface area contributed by atoms with Crippen LogP contribution in [-0.4, -0.2) is 75.6 Å². The number of aromatic nitrogens is 1. The molecule has 0 radical (unpaired) electrons. The second-order valence-electron chi connectivity index (χ2n) is 6.37. The highest BCUT2D eigenvalue weighted by atomic mass is 31.2. The second kappa shape index (κ2) is 13.4. The van der Waals surface area contributed by atoms with Gasteiger partial charge in [0, 0.05) is 31.3 Å². The van der Waals surface area contributed by atoms with Crippen molar-refractivity contribution in [3.63, 3.8) is 0 Å². The molecular weight excluding hydrogens is 435 g/mol. The molecule has 3 amide bonds. The van der Waals surface area contributed by atoms with E-state index in [1.807, 2.05) is 0 Å². The Hall–Kier alpha value is -2.86. The number of rotatable bonds is 13. The van der Waals surface area contributed by atoms with Crippen molar-refractivity contribution in [3.8, 4) is 0 Å². The Morgan fingerprint density at radius 3 is 2.68 bits per heavy atom. The summed E-state index contributed by atoms with van der Waals surface area (Å²) < 4.78 is 9.20. The SMILES string of the molecule is CC(CCC(=O)O)NC(=O)CN(Cc1cccnc1N(C)C=O)C(=O)OCOP(O)O. The Morgan fingerprint density at radius 1 is 1.35 bits per heavy atom. The van der Waals surface area contributed by atoms with Gasteiger partial charge in [-0.25, -0.2) is 9.78 Å². The number of carboxylic acids is 1. The van der Waals surface area contributed by atoms with Crippen molar-refractivity contribution < 1.29 is 43.3 Å². The van der Waals surface area contributed by atoms with Gasteiger partial charge in [0.1, 0.15) is 12.4 Å². The summed E-state index contributed by atoms with van der Waals surface area (Å²) in [5.41, 5.74) is 0.438. The number of ether oxygens (including phenoxy) is 1. The summed E-state index contributed by atoms with van der Waals surface area (Å²) in [6.07, 6.45) is 1.06. The number of aliphatic carboxylic acids is 1. The highest BCUT2D eigenvalue weighted by Gasteiger charge is 2.23. The number of carboxylic acid groups (broad SMARTS) is 1. The molecule has 0 spiro atoms. The Bertz CT molecular complexity index is 765. The number of pyridine rings is 1. The molecule has 1 aromatic rings. The molecule has 0 saturated heterocycles. The molecule has 0 saturated carbocycles. The molecule has 13 nitrogen and oxygen atoms in total. The molecule has 1 unspecified atom stereocenters. The highest BCUT2D eigenvalue weighted by molar-refractivity contribution is 7.39. The molecule has 0 aliphatic heterocycles. The van der Waals surface area contributed by atoms with Crippen LogP contribution in [0.2, 0.25) is 0 Å². The first-order chi connectivity index (χ1) is 14.6. The number of nitrogens with one attached hydrogen (secondary N) is 1. The zero-order valence-corrected chi connectivity index (χ0v) is 17.9. The predicted molar refractivity (Wildman–Crippen MR) is 107 cm³/mol. The number of carbonyl (C=O) groups excluding carboxylic acids is 3. The second-order valence-corrected chi connectivity index (χ2v) is 7.13. The standard InChI is InChI=1S/C17H25N4O9P/c1-12(5-6-15(24)25)19-14(23)9-21(17(26)29-11-30-31(27)28)8-13-4-3-7-18-16(13)20(2)10-22/h3-4,7,10,12,27-28H,5-6,8-9,11H2,1-2H3,(H,19,23)(H,24,25). The summed E-state index contributed by atoms with van der Waals surface area (Å²) in [7, 11) is -1.26. The lowest BCUT2D eigenvalue weighted by molar-refractivity contribution is -0.137. The Balaban J connectivity index is 2.91. The van der Waals surface area contributed by atoms with E-state index in [0.717, 1.165) is 4.90 Å². The van der Waals surface area contributed by atoms with Crippen molar-refractivity contribution in [1.82, 2.24) is 15.2 Å². The van der Waals surface area contributed by atoms with Crippen molar-refractivity contribution in [2.75, 3.05) is 25.3 Å². The number of carbonyl (C=O) groups is 4. The van der Waals surface area contributed by atoms with Crippen molar-refractivity contribution in [3.05, 3.63) is 23.9 Å². The average molecular weight is 460 g/mol. The van der Waals surface area contributed by atoms with Crippen LogP contribution in [0.1, 0.15) is 25.3 Å². The van der Waals surface area contributed by atoms with Crippen LogP contribution in [0.5, 0.6) is 0 Å². The molecule has 0 fully saturated rings. The minimum Gasteiger partial charge on any atom is -0.481 e. The van der Waals surface area contributed by atoms with Crippen LogP contribution in [-0.2, 0) is 30.2 Å². The number of hydrogen-bond acceptors (Lipinski definition) is 9. The third-order valence-corrected chi connectivity index (χ3v) is 4.20. The first-order valence-corrected chi connectivity index (χ1v) is 10.2. The summed E-state index contributed by atoms with van der Waals surface area (Å²) in [5.74, 6) is -1.31. The van der Waals surface area contributed by atoms with Gasteiger partial charge in [0.25, 0.3) is 0 Å². The van der Waals surface area contributed by atoms with E-state index in [4.69, 9.17) is 19.6 Å². The van der Waals surface area contributed by atoms with E-state index in [1.165, 1.54) is 18.1 Å². The van der Waals surface area contributed by atoms with Crippen LogP contribution in [0, 0.1) is 0 Å². The van der Waals surface area contributed by atoms with Gasteiger partial charge in [0.05, 0.1) is 6.54 Å². The number of amides is 3. The normalized spacial score (nSPS) is 11.5. The zero-order chi connectivity index (χ0) is 23.4. The van der Waals surface area contributed by atoms with Crippen molar-refractivity contribution in [2.24, 2.45) is 0 Å². The highest BCUT2D eigenvalue weighted by Crippen LogP contribution is 2.24. The summed E-state index contributed by atoms with van der Waals surface area (Å²) in [6.45, 7) is 0.256. The van der Waals surface area contributed by atoms with E-state index in [-0.39, 0.29) is 25.2 Å². The van der Waals surface area contributed by atoms with Gasteiger partial charge in [0.15, 0.2) is 0 Å². The van der Waals surface area contributed by atoms with E-state index in [2.05, 4.69) is 14.8 Å².